The van der Waals surface area contributed by atoms with E-state index in [1.165, 1.54) is 0 Å². The van der Waals surface area contributed by atoms with Crippen molar-refractivity contribution >= 4 is 17.7 Å². The second kappa shape index (κ2) is 13.6. The van der Waals surface area contributed by atoms with E-state index in [1.54, 1.807) is 0 Å². The summed E-state index contributed by atoms with van der Waals surface area (Å²) >= 11 is 0. The molecule has 2 aromatic carbocycles. The fraction of sp³-hybridized carbons (Fsp3) is 0.464. The monoisotopic (exact) mass is 451 g/mol. The smallest absolute Gasteiger partial charge is 0.306 e. The maximum atomic E-state index is 13.2. The molecule has 0 aromatic heterocycles. The highest BCUT2D eigenvalue weighted by Crippen LogP contribution is 2.19. The van der Waals surface area contributed by atoms with Gasteiger partial charge in [0.1, 0.15) is 6.61 Å². The van der Waals surface area contributed by atoms with E-state index >= 15 is 0 Å². The molecule has 0 heterocycles. The Morgan fingerprint density at radius 1 is 0.848 bits per heavy atom. The van der Waals surface area contributed by atoms with Crippen molar-refractivity contribution in [1.82, 2.24) is 5.32 Å². The van der Waals surface area contributed by atoms with Gasteiger partial charge in [0.05, 0.1) is 18.4 Å². The van der Waals surface area contributed by atoms with Crippen molar-refractivity contribution in [2.45, 2.75) is 66.0 Å². The van der Waals surface area contributed by atoms with Gasteiger partial charge >= 0.3 is 5.97 Å². The number of rotatable bonds is 13. The van der Waals surface area contributed by atoms with Gasteiger partial charge in [0, 0.05) is 6.42 Å². The zero-order chi connectivity index (χ0) is 24.2. The van der Waals surface area contributed by atoms with Crippen molar-refractivity contribution < 1.29 is 19.1 Å². The molecular weight excluding hydrogens is 414 g/mol. The van der Waals surface area contributed by atoms with Gasteiger partial charge in [0.15, 0.2) is 5.78 Å². The van der Waals surface area contributed by atoms with Gasteiger partial charge in [0.2, 0.25) is 5.91 Å². The molecule has 0 saturated carbocycles. The number of carbonyl (C=O) groups excluding carboxylic acids is 3. The van der Waals surface area contributed by atoms with E-state index in [2.05, 4.69) is 19.2 Å². The van der Waals surface area contributed by atoms with E-state index in [1.807, 2.05) is 74.5 Å². The van der Waals surface area contributed by atoms with E-state index < -0.39 is 17.9 Å². The highest BCUT2D eigenvalue weighted by molar-refractivity contribution is 5.91. The molecule has 0 spiro atoms. The van der Waals surface area contributed by atoms with Crippen LogP contribution in [0, 0.1) is 17.8 Å². The predicted molar refractivity (Wildman–Crippen MR) is 130 cm³/mol. The molecule has 0 saturated heterocycles. The lowest BCUT2D eigenvalue weighted by Crippen LogP contribution is -2.46. The average molecular weight is 452 g/mol. The Balaban J connectivity index is 2.03. The number of nitrogens with one attached hydrogen (secondary N) is 1. The van der Waals surface area contributed by atoms with Crippen molar-refractivity contribution in [3.8, 4) is 0 Å². The molecule has 2 rings (SSSR count). The number of Topliss-reactive ketones (excluding diaryl/α,β-unsaturated/α-hetero) is 1. The van der Waals surface area contributed by atoms with Crippen LogP contribution < -0.4 is 5.32 Å². The summed E-state index contributed by atoms with van der Waals surface area (Å²) in [5, 5.41) is 2.95. The largest absolute Gasteiger partial charge is 0.461 e. The van der Waals surface area contributed by atoms with Crippen LogP contribution in [0.5, 0.6) is 0 Å². The third kappa shape index (κ3) is 9.60. The standard InChI is InChI=1S/C28H37NO4/c1-20(2)15-16-26(30)25(17-22-11-7-5-8-12-22)29-28(32)24(21(3)4)18-27(31)33-19-23-13-9-6-10-14-23/h5-14,20-21,24-25H,15-19H2,1-4H3,(H,29,32)/t24-,25-/m0/s1. The zero-order valence-corrected chi connectivity index (χ0v) is 20.3. The van der Waals surface area contributed by atoms with Crippen molar-refractivity contribution in [3.63, 3.8) is 0 Å². The van der Waals surface area contributed by atoms with E-state index in [0.29, 0.717) is 18.8 Å². The second-order valence-electron chi connectivity index (χ2n) is 9.35. The first-order valence-electron chi connectivity index (χ1n) is 11.8. The van der Waals surface area contributed by atoms with Gasteiger partial charge in [-0.2, -0.15) is 0 Å². The minimum atomic E-state index is -0.611. The lowest BCUT2D eigenvalue weighted by molar-refractivity contribution is -0.149. The van der Waals surface area contributed by atoms with Gasteiger partial charge in [-0.15, -0.1) is 0 Å². The first-order chi connectivity index (χ1) is 15.8. The molecule has 178 valence electrons. The molecule has 0 fully saturated rings. The van der Waals surface area contributed by atoms with Gasteiger partial charge in [-0.1, -0.05) is 88.4 Å². The normalized spacial score (nSPS) is 12.9. The number of hydrogen-bond donors (Lipinski definition) is 1. The maximum absolute atomic E-state index is 13.2. The zero-order valence-electron chi connectivity index (χ0n) is 20.3. The molecule has 0 bridgehead atoms. The third-order valence-corrected chi connectivity index (χ3v) is 5.73. The highest BCUT2D eigenvalue weighted by atomic mass is 16.5. The molecule has 0 unspecified atom stereocenters. The topological polar surface area (TPSA) is 72.5 Å². The molecular formula is C28H37NO4. The quantitative estimate of drug-likeness (QED) is 0.429. The van der Waals surface area contributed by atoms with Gasteiger partial charge < -0.3 is 10.1 Å². The Hall–Kier alpha value is -2.95. The van der Waals surface area contributed by atoms with Crippen molar-refractivity contribution in [3.05, 3.63) is 71.8 Å². The second-order valence-corrected chi connectivity index (χ2v) is 9.35. The molecule has 0 aliphatic carbocycles. The summed E-state index contributed by atoms with van der Waals surface area (Å²) in [7, 11) is 0. The summed E-state index contributed by atoms with van der Waals surface area (Å²) in [5.74, 6) is -0.902. The number of hydrogen-bond acceptors (Lipinski definition) is 4. The van der Waals surface area contributed by atoms with Crippen LogP contribution in [0.15, 0.2) is 60.7 Å². The first kappa shape index (κ1) is 26.3. The summed E-state index contributed by atoms with van der Waals surface area (Å²) in [6, 6.07) is 18.5. The van der Waals surface area contributed by atoms with Crippen LogP contribution in [0.4, 0.5) is 0 Å². The Labute approximate surface area is 197 Å². The Morgan fingerprint density at radius 3 is 1.97 bits per heavy atom. The summed E-state index contributed by atoms with van der Waals surface area (Å²) < 4.78 is 5.39. The molecule has 1 N–H and O–H groups in total. The Bertz CT molecular complexity index is 877. The van der Waals surface area contributed by atoms with Crippen LogP contribution in [0.1, 0.15) is 58.1 Å². The van der Waals surface area contributed by atoms with E-state index in [9.17, 15) is 14.4 Å². The van der Waals surface area contributed by atoms with E-state index in [4.69, 9.17) is 4.74 Å². The van der Waals surface area contributed by atoms with Gasteiger partial charge in [-0.05, 0) is 35.8 Å². The van der Waals surface area contributed by atoms with E-state index in [-0.39, 0.29) is 30.6 Å². The number of ketones is 1. The average Bonchev–Trinajstić information content (AvgIpc) is 2.80. The van der Waals surface area contributed by atoms with Crippen LogP contribution in [0.3, 0.4) is 0 Å². The molecule has 5 heteroatoms. The van der Waals surface area contributed by atoms with Crippen molar-refractivity contribution in [2.24, 2.45) is 17.8 Å². The molecule has 2 atom stereocenters. The molecule has 1 amide bonds. The first-order valence-corrected chi connectivity index (χ1v) is 11.8. The van der Waals surface area contributed by atoms with Crippen LogP contribution in [-0.2, 0) is 32.1 Å². The minimum absolute atomic E-state index is 0.0193. The number of benzene rings is 2. The highest BCUT2D eigenvalue weighted by Gasteiger charge is 2.30. The van der Waals surface area contributed by atoms with Crippen molar-refractivity contribution in [2.75, 3.05) is 0 Å². The molecule has 0 radical (unpaired) electrons. The maximum Gasteiger partial charge on any atom is 0.306 e. The Morgan fingerprint density at radius 2 is 1.42 bits per heavy atom. The molecule has 0 aliphatic rings. The summed E-state index contributed by atoms with van der Waals surface area (Å²) in [5.41, 5.74) is 1.89. The van der Waals surface area contributed by atoms with Crippen LogP contribution >= 0.6 is 0 Å². The number of amides is 1. The number of carbonyl (C=O) groups is 3. The predicted octanol–water partition coefficient (Wildman–Crippen LogP) is 5.12. The van der Waals surface area contributed by atoms with Crippen LogP contribution in [0.2, 0.25) is 0 Å². The molecule has 5 nitrogen and oxygen atoms in total. The summed E-state index contributed by atoms with van der Waals surface area (Å²) in [6.45, 7) is 8.14. The minimum Gasteiger partial charge on any atom is -0.461 e. The molecule has 2 aromatic rings. The summed E-state index contributed by atoms with van der Waals surface area (Å²) in [6.07, 6.45) is 1.61. The van der Waals surface area contributed by atoms with Crippen LogP contribution in [0.25, 0.3) is 0 Å². The fourth-order valence-corrected chi connectivity index (χ4v) is 3.59. The Kier molecular flexibility index (Phi) is 10.8. The SMILES string of the molecule is CC(C)CCC(=O)[C@H](Cc1ccccc1)NC(=O)[C@@H](CC(=O)OCc1ccccc1)C(C)C. The molecule has 33 heavy (non-hydrogen) atoms. The van der Waals surface area contributed by atoms with E-state index in [0.717, 1.165) is 17.5 Å². The van der Waals surface area contributed by atoms with Crippen LogP contribution in [-0.4, -0.2) is 23.7 Å². The fourth-order valence-electron chi connectivity index (χ4n) is 3.59. The lowest BCUT2D eigenvalue weighted by Gasteiger charge is -2.24. The van der Waals surface area contributed by atoms with Gasteiger partial charge in [-0.3, -0.25) is 14.4 Å². The lowest BCUT2D eigenvalue weighted by atomic mass is 9.90. The summed E-state index contributed by atoms with van der Waals surface area (Å²) in [4.78, 5) is 38.6. The third-order valence-electron chi connectivity index (χ3n) is 5.73. The number of ether oxygens (including phenoxy) is 1. The van der Waals surface area contributed by atoms with Gasteiger partial charge in [0.25, 0.3) is 0 Å². The van der Waals surface area contributed by atoms with Gasteiger partial charge in [-0.25, -0.2) is 0 Å². The molecule has 0 aliphatic heterocycles. The van der Waals surface area contributed by atoms with Crippen molar-refractivity contribution in [1.29, 1.82) is 0 Å². The number of esters is 1.